The SMILES string of the molecule is Cc1ccc(Cc2ccc(N3CC(=O)CC(Nc4ccc(Cc5ccc(NC6CC(=O)CN(c7ccc(Cc8ccc(C)cc8)cc7)CC6=O)cc5)cc4)C(=O)C3)cc2)cc1. The Labute approximate surface area is 358 Å². The Balaban J connectivity index is 0.813. The second-order valence-corrected chi connectivity index (χ2v) is 16.8. The van der Waals surface area contributed by atoms with Crippen LogP contribution in [-0.2, 0) is 38.4 Å². The first kappa shape index (κ1) is 41.0. The summed E-state index contributed by atoms with van der Waals surface area (Å²) in [6.45, 7) is 4.89. The van der Waals surface area contributed by atoms with Crippen molar-refractivity contribution in [2.24, 2.45) is 0 Å². The average Bonchev–Trinajstić information content (AvgIpc) is 3.49. The number of aryl methyl sites for hydroxylation is 2. The first-order valence-electron chi connectivity index (χ1n) is 21.2. The maximum absolute atomic E-state index is 13.4. The molecule has 0 bridgehead atoms. The van der Waals surface area contributed by atoms with Crippen LogP contribution >= 0.6 is 0 Å². The van der Waals surface area contributed by atoms with Crippen LogP contribution in [0.4, 0.5) is 22.7 Å². The summed E-state index contributed by atoms with van der Waals surface area (Å²) >= 11 is 0. The van der Waals surface area contributed by atoms with Gasteiger partial charge in [-0.1, -0.05) is 108 Å². The van der Waals surface area contributed by atoms with Crippen molar-refractivity contribution < 1.29 is 19.2 Å². The van der Waals surface area contributed by atoms with E-state index in [4.69, 9.17) is 0 Å². The molecule has 2 unspecified atom stereocenters. The Hall–Kier alpha value is -6.80. The molecule has 308 valence electrons. The number of anilines is 4. The van der Waals surface area contributed by atoms with Gasteiger partial charge in [0.15, 0.2) is 23.1 Å². The fourth-order valence-corrected chi connectivity index (χ4v) is 8.18. The summed E-state index contributed by atoms with van der Waals surface area (Å²) in [5.74, 6) is 0.0154. The summed E-state index contributed by atoms with van der Waals surface area (Å²) < 4.78 is 0. The van der Waals surface area contributed by atoms with Crippen LogP contribution in [0.25, 0.3) is 0 Å². The lowest BCUT2D eigenvalue weighted by Crippen LogP contribution is -2.35. The molecule has 8 heteroatoms. The molecule has 2 fully saturated rings. The molecule has 0 radical (unpaired) electrons. The van der Waals surface area contributed by atoms with Crippen molar-refractivity contribution in [1.82, 2.24) is 0 Å². The first-order chi connectivity index (χ1) is 29.6. The number of benzene rings is 6. The van der Waals surface area contributed by atoms with Gasteiger partial charge in [-0.3, -0.25) is 19.2 Å². The van der Waals surface area contributed by atoms with Crippen LogP contribution in [0.15, 0.2) is 146 Å². The van der Waals surface area contributed by atoms with Crippen LogP contribution in [-0.4, -0.2) is 61.4 Å². The second kappa shape index (κ2) is 18.6. The minimum atomic E-state index is -0.593. The van der Waals surface area contributed by atoms with E-state index in [1.165, 1.54) is 33.4 Å². The van der Waals surface area contributed by atoms with Gasteiger partial charge in [0, 0.05) is 35.6 Å². The smallest absolute Gasteiger partial charge is 0.174 e. The molecule has 0 aromatic heterocycles. The zero-order chi connectivity index (χ0) is 42.3. The standard InChI is InChI=1S/C53H52N4O4/c1-36-3-7-38(8-4-36)27-42-15-23-46(24-16-42)56-32-48(58)30-50(52(60)34-56)54-44-19-11-40(12-20-44)29-41-13-21-45(22-14-41)55-51-31-49(59)33-57(35-53(51)61)47-25-17-43(18-26-47)28-39-9-5-37(2)6-10-39/h3-26,50-51,54-55H,27-35H2,1-2H3. The molecule has 8 nitrogen and oxygen atoms in total. The lowest BCUT2D eigenvalue weighted by atomic mass is 10.0. The minimum absolute atomic E-state index is 0.0147. The van der Waals surface area contributed by atoms with E-state index >= 15 is 0 Å². The predicted molar refractivity (Wildman–Crippen MR) is 245 cm³/mol. The molecular weight excluding hydrogens is 757 g/mol. The van der Waals surface area contributed by atoms with Gasteiger partial charge in [-0.25, -0.2) is 0 Å². The van der Waals surface area contributed by atoms with Crippen LogP contribution in [0.1, 0.15) is 57.3 Å². The number of ketones is 4. The number of rotatable bonds is 12. The molecule has 6 aromatic rings. The molecule has 6 aromatic carbocycles. The first-order valence-corrected chi connectivity index (χ1v) is 21.2. The Morgan fingerprint density at radius 1 is 0.393 bits per heavy atom. The molecule has 61 heavy (non-hydrogen) atoms. The van der Waals surface area contributed by atoms with Gasteiger partial charge in [-0.05, 0) is 115 Å². The van der Waals surface area contributed by atoms with E-state index in [9.17, 15) is 19.2 Å². The number of nitrogens with zero attached hydrogens (tertiary/aromatic N) is 2. The van der Waals surface area contributed by atoms with Gasteiger partial charge in [-0.2, -0.15) is 0 Å². The molecular formula is C53H52N4O4. The fourth-order valence-electron chi connectivity index (χ4n) is 8.18. The highest BCUT2D eigenvalue weighted by molar-refractivity contribution is 6.00. The molecule has 0 amide bonds. The van der Waals surface area contributed by atoms with Gasteiger partial charge < -0.3 is 20.4 Å². The Bertz CT molecular complexity index is 2300. The predicted octanol–water partition coefficient (Wildman–Crippen LogP) is 8.73. The van der Waals surface area contributed by atoms with E-state index in [-0.39, 0.29) is 62.2 Å². The summed E-state index contributed by atoms with van der Waals surface area (Å²) in [5.41, 5.74) is 12.8. The van der Waals surface area contributed by atoms with Crippen molar-refractivity contribution in [2.75, 3.05) is 46.6 Å². The van der Waals surface area contributed by atoms with E-state index in [1.807, 2.05) is 82.6 Å². The van der Waals surface area contributed by atoms with Crippen molar-refractivity contribution >= 4 is 45.9 Å². The van der Waals surface area contributed by atoms with Gasteiger partial charge in [0.25, 0.3) is 0 Å². The number of carbonyl (C=O) groups is 4. The molecule has 2 atom stereocenters. The minimum Gasteiger partial charge on any atom is -0.375 e. The van der Waals surface area contributed by atoms with E-state index in [2.05, 4.69) is 97.3 Å². The van der Waals surface area contributed by atoms with Gasteiger partial charge in [0.2, 0.25) is 0 Å². The molecule has 2 heterocycles. The highest BCUT2D eigenvalue weighted by Gasteiger charge is 2.31. The lowest BCUT2D eigenvalue weighted by molar-refractivity contribution is -0.121. The van der Waals surface area contributed by atoms with Crippen LogP contribution in [0.2, 0.25) is 0 Å². The summed E-state index contributed by atoms with van der Waals surface area (Å²) in [6, 6.07) is 48.1. The molecule has 2 aliphatic heterocycles. The van der Waals surface area contributed by atoms with Gasteiger partial charge >= 0.3 is 0 Å². The number of hydrogen-bond acceptors (Lipinski definition) is 8. The van der Waals surface area contributed by atoms with Crippen molar-refractivity contribution in [1.29, 1.82) is 0 Å². The van der Waals surface area contributed by atoms with Gasteiger partial charge in [0.05, 0.1) is 38.3 Å². The normalized spacial score (nSPS) is 17.2. The quantitative estimate of drug-likeness (QED) is 0.127. The molecule has 0 spiro atoms. The summed E-state index contributed by atoms with van der Waals surface area (Å²) in [7, 11) is 0. The Morgan fingerprint density at radius 3 is 0.984 bits per heavy atom. The van der Waals surface area contributed by atoms with E-state index in [0.29, 0.717) is 6.42 Å². The monoisotopic (exact) mass is 808 g/mol. The summed E-state index contributed by atoms with van der Waals surface area (Å²) in [4.78, 5) is 56.7. The zero-order valence-electron chi connectivity index (χ0n) is 34.9. The zero-order valence-corrected chi connectivity index (χ0v) is 34.9. The summed E-state index contributed by atoms with van der Waals surface area (Å²) in [5, 5.41) is 6.65. The van der Waals surface area contributed by atoms with Crippen molar-refractivity contribution in [3.8, 4) is 0 Å². The van der Waals surface area contributed by atoms with Crippen molar-refractivity contribution in [2.45, 2.75) is 58.0 Å². The van der Waals surface area contributed by atoms with Crippen molar-refractivity contribution in [3.63, 3.8) is 0 Å². The molecule has 0 saturated carbocycles. The van der Waals surface area contributed by atoms with Crippen LogP contribution in [0.3, 0.4) is 0 Å². The number of carbonyl (C=O) groups excluding carboxylic acids is 4. The third-order valence-electron chi connectivity index (χ3n) is 11.7. The highest BCUT2D eigenvalue weighted by Crippen LogP contribution is 2.25. The average molecular weight is 809 g/mol. The van der Waals surface area contributed by atoms with Gasteiger partial charge in [-0.15, -0.1) is 0 Å². The topological polar surface area (TPSA) is 98.8 Å². The lowest BCUT2D eigenvalue weighted by Gasteiger charge is -2.22. The van der Waals surface area contributed by atoms with Crippen LogP contribution in [0.5, 0.6) is 0 Å². The second-order valence-electron chi connectivity index (χ2n) is 16.8. The molecule has 2 N–H and O–H groups in total. The van der Waals surface area contributed by atoms with Crippen LogP contribution in [0, 0.1) is 13.8 Å². The van der Waals surface area contributed by atoms with E-state index < -0.39 is 12.1 Å². The highest BCUT2D eigenvalue weighted by atomic mass is 16.2. The van der Waals surface area contributed by atoms with Crippen LogP contribution < -0.4 is 20.4 Å². The maximum atomic E-state index is 13.4. The third-order valence-corrected chi connectivity index (χ3v) is 11.7. The van der Waals surface area contributed by atoms with E-state index in [0.717, 1.165) is 46.7 Å². The molecule has 8 rings (SSSR count). The Kier molecular flexibility index (Phi) is 12.5. The summed E-state index contributed by atoms with van der Waals surface area (Å²) in [6.07, 6.45) is 2.64. The van der Waals surface area contributed by atoms with Crippen molar-refractivity contribution in [3.05, 3.63) is 190 Å². The van der Waals surface area contributed by atoms with Gasteiger partial charge in [0.1, 0.15) is 0 Å². The number of hydrogen-bond donors (Lipinski definition) is 2. The third kappa shape index (κ3) is 10.9. The largest absolute Gasteiger partial charge is 0.375 e. The maximum Gasteiger partial charge on any atom is 0.174 e. The fraction of sp³-hybridized carbons (Fsp3) is 0.245. The van der Waals surface area contributed by atoms with E-state index in [1.54, 1.807) is 0 Å². The number of nitrogens with one attached hydrogen (secondary N) is 2. The molecule has 0 aliphatic carbocycles. The molecule has 2 saturated heterocycles. The number of Topliss-reactive ketones (excluding diaryl/α,β-unsaturated/α-hetero) is 4. The molecule has 2 aliphatic rings. The Morgan fingerprint density at radius 2 is 0.672 bits per heavy atom.